The van der Waals surface area contributed by atoms with Gasteiger partial charge in [-0.2, -0.15) is 5.26 Å². The molecule has 1 aliphatic rings. The van der Waals surface area contributed by atoms with Gasteiger partial charge in [0.1, 0.15) is 27.2 Å². The topological polar surface area (TPSA) is 96.9 Å². The van der Waals surface area contributed by atoms with Gasteiger partial charge >= 0.3 is 6.09 Å². The van der Waals surface area contributed by atoms with E-state index in [9.17, 15) is 10.1 Å². The highest BCUT2D eigenvalue weighted by molar-refractivity contribution is 7.98. The predicted molar refractivity (Wildman–Crippen MR) is 155 cm³/mol. The number of aromatic nitrogens is 4. The average Bonchev–Trinajstić information content (AvgIpc) is 3.33. The first-order valence-electron chi connectivity index (χ1n) is 13.1. The van der Waals surface area contributed by atoms with Crippen LogP contribution in [0.2, 0.25) is 5.02 Å². The lowest BCUT2D eigenvalue weighted by atomic mass is 9.95. The maximum atomic E-state index is 16.2. The SMILES string of the molecule is CSc1nc2c(F)c(-c3cccc(C)c3)c(Cl)cc2c2c1nnn2C1CCN(C(=O)OC(C)(C)C)[C@H](CC#N)C1. The van der Waals surface area contributed by atoms with Crippen molar-refractivity contribution >= 4 is 51.4 Å². The van der Waals surface area contributed by atoms with Crippen molar-refractivity contribution in [2.24, 2.45) is 0 Å². The van der Waals surface area contributed by atoms with Gasteiger partial charge < -0.3 is 9.64 Å². The molecule has 1 amide bonds. The number of aryl methyl sites for hydroxylation is 1. The predicted octanol–water partition coefficient (Wildman–Crippen LogP) is 7.32. The molecule has 0 saturated carbocycles. The van der Waals surface area contributed by atoms with Gasteiger partial charge in [-0.05, 0) is 58.4 Å². The molecule has 1 aliphatic heterocycles. The van der Waals surface area contributed by atoms with Crippen LogP contribution in [0.15, 0.2) is 35.4 Å². The van der Waals surface area contributed by atoms with E-state index in [1.54, 1.807) is 15.6 Å². The van der Waals surface area contributed by atoms with Crippen LogP contribution in [0.25, 0.3) is 33.1 Å². The molecule has 1 fully saturated rings. The van der Waals surface area contributed by atoms with E-state index in [2.05, 4.69) is 21.4 Å². The van der Waals surface area contributed by atoms with Crippen molar-refractivity contribution in [3.05, 3.63) is 46.7 Å². The molecule has 1 saturated heterocycles. The van der Waals surface area contributed by atoms with Crippen LogP contribution >= 0.6 is 23.4 Å². The van der Waals surface area contributed by atoms with Crippen molar-refractivity contribution in [1.29, 1.82) is 5.26 Å². The molecule has 0 N–H and O–H groups in total. The highest BCUT2D eigenvalue weighted by Crippen LogP contribution is 2.41. The number of ether oxygens (including phenoxy) is 1. The van der Waals surface area contributed by atoms with Crippen LogP contribution in [-0.4, -0.2) is 55.4 Å². The van der Waals surface area contributed by atoms with Gasteiger partial charge in [-0.25, -0.2) is 18.9 Å². The number of carbonyl (C=O) groups excluding carboxylic acids is 1. The van der Waals surface area contributed by atoms with Gasteiger partial charge in [0.05, 0.1) is 29.6 Å². The number of benzene rings is 2. The van der Waals surface area contributed by atoms with Crippen molar-refractivity contribution in [3.8, 4) is 17.2 Å². The molecule has 208 valence electrons. The quantitative estimate of drug-likeness (QED) is 0.233. The molecule has 11 heteroatoms. The number of pyridine rings is 1. The summed E-state index contributed by atoms with van der Waals surface area (Å²) in [5, 5.41) is 19.8. The summed E-state index contributed by atoms with van der Waals surface area (Å²) in [7, 11) is 0. The third-order valence-corrected chi connectivity index (χ3v) is 8.02. The van der Waals surface area contributed by atoms with Gasteiger partial charge in [-0.3, -0.25) is 0 Å². The van der Waals surface area contributed by atoms with Gasteiger partial charge in [-0.1, -0.05) is 46.6 Å². The van der Waals surface area contributed by atoms with E-state index in [-0.39, 0.29) is 29.0 Å². The van der Waals surface area contributed by atoms with Gasteiger partial charge in [0.15, 0.2) is 5.82 Å². The molecular weight excluding hydrogens is 551 g/mol. The van der Waals surface area contributed by atoms with Crippen LogP contribution in [0, 0.1) is 24.1 Å². The molecule has 2 aromatic carbocycles. The molecule has 0 spiro atoms. The first-order valence-corrected chi connectivity index (χ1v) is 14.7. The van der Waals surface area contributed by atoms with E-state index in [0.717, 1.165) is 5.56 Å². The smallest absolute Gasteiger partial charge is 0.410 e. The van der Waals surface area contributed by atoms with Gasteiger partial charge in [0, 0.05) is 17.5 Å². The van der Waals surface area contributed by atoms with E-state index in [4.69, 9.17) is 16.3 Å². The second kappa shape index (κ2) is 10.9. The van der Waals surface area contributed by atoms with Crippen molar-refractivity contribution in [2.75, 3.05) is 12.8 Å². The normalized spacial score (nSPS) is 17.8. The Morgan fingerprint density at radius 3 is 2.75 bits per heavy atom. The van der Waals surface area contributed by atoms with Crippen LogP contribution in [0.4, 0.5) is 9.18 Å². The number of hydrogen-bond donors (Lipinski definition) is 0. The summed E-state index contributed by atoms with van der Waals surface area (Å²) in [6.07, 6.45) is 2.62. The fourth-order valence-corrected chi connectivity index (χ4v) is 6.13. The zero-order valence-electron chi connectivity index (χ0n) is 23.0. The van der Waals surface area contributed by atoms with Crippen molar-refractivity contribution < 1.29 is 13.9 Å². The third kappa shape index (κ3) is 5.20. The summed E-state index contributed by atoms with van der Waals surface area (Å²) in [6, 6.07) is 10.9. The van der Waals surface area contributed by atoms with Crippen LogP contribution in [0.3, 0.4) is 0 Å². The molecular formula is C29H30ClFN6O2S. The van der Waals surface area contributed by atoms with Crippen molar-refractivity contribution in [1.82, 2.24) is 24.9 Å². The third-order valence-electron chi connectivity index (χ3n) is 7.05. The zero-order valence-corrected chi connectivity index (χ0v) is 24.6. The molecule has 0 radical (unpaired) electrons. The number of carbonyl (C=O) groups is 1. The Morgan fingerprint density at radius 1 is 1.30 bits per heavy atom. The highest BCUT2D eigenvalue weighted by Gasteiger charge is 2.36. The molecule has 2 aromatic heterocycles. The molecule has 1 unspecified atom stereocenters. The molecule has 5 rings (SSSR count). The number of likely N-dealkylation sites (tertiary alicyclic amines) is 1. The second-order valence-corrected chi connectivity index (χ2v) is 12.2. The summed E-state index contributed by atoms with van der Waals surface area (Å²) < 4.78 is 23.6. The van der Waals surface area contributed by atoms with Crippen molar-refractivity contribution in [3.63, 3.8) is 0 Å². The fourth-order valence-electron chi connectivity index (χ4n) is 5.32. The highest BCUT2D eigenvalue weighted by atomic mass is 35.5. The van der Waals surface area contributed by atoms with E-state index in [1.165, 1.54) is 11.8 Å². The van der Waals surface area contributed by atoms with Crippen LogP contribution in [-0.2, 0) is 4.74 Å². The Morgan fingerprint density at radius 2 is 2.08 bits per heavy atom. The lowest BCUT2D eigenvalue weighted by Gasteiger charge is -2.39. The van der Waals surface area contributed by atoms with Crippen LogP contribution < -0.4 is 0 Å². The summed E-state index contributed by atoms with van der Waals surface area (Å²) in [5.41, 5.74) is 2.72. The van der Waals surface area contributed by atoms with E-state index < -0.39 is 17.5 Å². The largest absolute Gasteiger partial charge is 0.444 e. The summed E-state index contributed by atoms with van der Waals surface area (Å²) in [5.74, 6) is -0.500. The molecule has 40 heavy (non-hydrogen) atoms. The second-order valence-electron chi connectivity index (χ2n) is 11.0. The number of amides is 1. The van der Waals surface area contributed by atoms with Gasteiger partial charge in [0.2, 0.25) is 0 Å². The van der Waals surface area contributed by atoms with Crippen LogP contribution in [0.5, 0.6) is 0 Å². The van der Waals surface area contributed by atoms with E-state index in [1.807, 2.05) is 58.2 Å². The van der Waals surface area contributed by atoms with Gasteiger partial charge in [0.25, 0.3) is 0 Å². The zero-order chi connectivity index (χ0) is 28.8. The molecule has 8 nitrogen and oxygen atoms in total. The minimum Gasteiger partial charge on any atom is -0.444 e. The van der Waals surface area contributed by atoms with Crippen molar-refractivity contribution in [2.45, 2.75) is 69.7 Å². The number of piperidine rings is 1. The lowest BCUT2D eigenvalue weighted by molar-refractivity contribution is 0.00557. The molecule has 0 bridgehead atoms. The molecule has 0 aliphatic carbocycles. The minimum atomic E-state index is -0.645. The standard InChI is InChI=1S/C29H30ClFN6O2S/c1-16-7-6-8-17(13-16)22-21(30)15-20-24(23(22)31)33-27(40-5)25-26(20)37(35-34-25)19-10-12-36(18(14-19)9-11-32)28(38)39-29(2,3)4/h6-8,13,15,18-19H,9-10,12,14H2,1-5H3/t18-,19?/m1/s1. The number of nitriles is 1. The number of fused-ring (bicyclic) bond motifs is 3. The minimum absolute atomic E-state index is 0.154. The Balaban J connectivity index is 1.62. The number of hydrogen-bond acceptors (Lipinski definition) is 7. The summed E-state index contributed by atoms with van der Waals surface area (Å²) >= 11 is 8.10. The lowest BCUT2D eigenvalue weighted by Crippen LogP contribution is -2.48. The maximum Gasteiger partial charge on any atom is 0.410 e. The number of rotatable bonds is 4. The van der Waals surface area contributed by atoms with E-state index >= 15 is 4.39 Å². The number of nitrogens with zero attached hydrogens (tertiary/aromatic N) is 6. The Labute approximate surface area is 241 Å². The molecule has 4 aromatic rings. The Bertz CT molecular complexity index is 1660. The molecule has 2 atom stereocenters. The average molecular weight is 581 g/mol. The Hall–Kier alpha value is -3.42. The number of thioether (sulfide) groups is 1. The maximum absolute atomic E-state index is 16.2. The Kier molecular flexibility index (Phi) is 7.64. The summed E-state index contributed by atoms with van der Waals surface area (Å²) in [4.78, 5) is 19.2. The number of halogens is 2. The van der Waals surface area contributed by atoms with E-state index in [0.29, 0.717) is 52.0 Å². The van der Waals surface area contributed by atoms with Gasteiger partial charge in [-0.15, -0.1) is 16.9 Å². The first-order chi connectivity index (χ1) is 19.0. The fraction of sp³-hybridized carbons (Fsp3) is 0.414. The summed E-state index contributed by atoms with van der Waals surface area (Å²) in [6.45, 7) is 7.78. The molecule has 3 heterocycles. The first kappa shape index (κ1) is 28.1. The monoisotopic (exact) mass is 580 g/mol. The van der Waals surface area contributed by atoms with Crippen LogP contribution in [0.1, 0.15) is 51.6 Å².